The second-order valence-corrected chi connectivity index (χ2v) is 8.10. The minimum atomic E-state index is 0.345. The summed E-state index contributed by atoms with van der Waals surface area (Å²) in [4.78, 5) is 11.4. The smallest absolute Gasteiger partial charge is 0.268 e. The molecule has 2 aromatic carbocycles. The van der Waals surface area contributed by atoms with Crippen LogP contribution in [0, 0.1) is 0 Å². The van der Waals surface area contributed by atoms with Gasteiger partial charge in [0.2, 0.25) is 5.89 Å². The van der Waals surface area contributed by atoms with Crippen LogP contribution >= 0.6 is 0 Å². The Bertz CT molecular complexity index is 1240. The van der Waals surface area contributed by atoms with Crippen LogP contribution in [0.1, 0.15) is 18.9 Å². The Kier molecular flexibility index (Phi) is 5.95. The molecule has 1 unspecified atom stereocenters. The van der Waals surface area contributed by atoms with E-state index in [9.17, 15) is 0 Å². The van der Waals surface area contributed by atoms with E-state index in [4.69, 9.17) is 9.40 Å². The van der Waals surface area contributed by atoms with Crippen LogP contribution in [0.15, 0.2) is 78.0 Å². The minimum Gasteiger partial charge on any atom is -0.415 e. The molecule has 0 radical (unpaired) electrons. The van der Waals surface area contributed by atoms with Gasteiger partial charge in [-0.2, -0.15) is 0 Å². The number of nitrogens with one attached hydrogen (secondary N) is 1. The summed E-state index contributed by atoms with van der Waals surface area (Å²) in [6.45, 7) is 9.50. The van der Waals surface area contributed by atoms with Crippen molar-refractivity contribution in [3.8, 4) is 34.3 Å². The predicted molar refractivity (Wildman–Crippen MR) is 129 cm³/mol. The van der Waals surface area contributed by atoms with E-state index >= 15 is 0 Å². The van der Waals surface area contributed by atoms with Crippen LogP contribution in [0.2, 0.25) is 0 Å². The Balaban J connectivity index is 1.34. The van der Waals surface area contributed by atoms with E-state index in [-0.39, 0.29) is 0 Å². The Morgan fingerprint density at radius 3 is 2.55 bits per heavy atom. The second kappa shape index (κ2) is 9.34. The van der Waals surface area contributed by atoms with Crippen LogP contribution in [-0.4, -0.2) is 50.7 Å². The lowest BCUT2D eigenvalue weighted by atomic mass is 10.1. The summed E-state index contributed by atoms with van der Waals surface area (Å²) in [6, 6.07) is 18.5. The maximum absolute atomic E-state index is 5.84. The zero-order chi connectivity index (χ0) is 22.6. The molecule has 0 spiro atoms. The molecule has 166 valence electrons. The number of nitrogens with zero attached hydrogens (tertiary/aromatic N) is 5. The van der Waals surface area contributed by atoms with Crippen molar-refractivity contribution in [3.63, 3.8) is 0 Å². The molecule has 33 heavy (non-hydrogen) atoms. The first kappa shape index (κ1) is 21.0. The number of benzene rings is 2. The van der Waals surface area contributed by atoms with Crippen LogP contribution in [0.3, 0.4) is 0 Å². The zero-order valence-electron chi connectivity index (χ0n) is 18.6. The summed E-state index contributed by atoms with van der Waals surface area (Å²) in [5.41, 5.74) is 5.30. The summed E-state index contributed by atoms with van der Waals surface area (Å²) < 4.78 is 5.84. The standard InChI is InChI=1S/C26H26N6O/c1-3-22-17-32(14-13-28-22)18(2)19-9-11-20(12-10-19)23-15-27-16-24(29-23)26-31-30-25(33-26)21-7-5-4-6-8-21/h4-12,15-16,22,28H,2-3,13-14,17H2,1H3. The van der Waals surface area contributed by atoms with Crippen molar-refractivity contribution in [3.05, 3.63) is 79.1 Å². The summed E-state index contributed by atoms with van der Waals surface area (Å²) in [5, 5.41) is 11.9. The lowest BCUT2D eigenvalue weighted by Crippen LogP contribution is -2.49. The van der Waals surface area contributed by atoms with Crippen molar-refractivity contribution < 1.29 is 4.42 Å². The molecule has 1 fully saturated rings. The third kappa shape index (κ3) is 4.54. The van der Waals surface area contributed by atoms with Crippen molar-refractivity contribution in [2.75, 3.05) is 19.6 Å². The SMILES string of the molecule is C=C(c1ccc(-c2cncc(-c3nnc(-c4ccccc4)o3)n2)cc1)N1CCNC(CC)C1. The maximum atomic E-state index is 5.84. The molecule has 1 aliphatic rings. The van der Waals surface area contributed by atoms with Gasteiger partial charge in [-0.1, -0.05) is 56.0 Å². The van der Waals surface area contributed by atoms with E-state index in [1.165, 1.54) is 0 Å². The Hall–Kier alpha value is -3.84. The molecule has 7 nitrogen and oxygen atoms in total. The second-order valence-electron chi connectivity index (χ2n) is 8.10. The molecule has 0 saturated carbocycles. The summed E-state index contributed by atoms with van der Waals surface area (Å²) in [5.74, 6) is 0.802. The molecule has 0 amide bonds. The molecule has 1 saturated heterocycles. The normalized spacial score (nSPS) is 16.0. The topological polar surface area (TPSA) is 80.0 Å². The molecule has 4 aromatic rings. The van der Waals surface area contributed by atoms with Crippen LogP contribution in [-0.2, 0) is 0 Å². The summed E-state index contributed by atoms with van der Waals surface area (Å²) in [7, 11) is 0. The molecule has 0 bridgehead atoms. The maximum Gasteiger partial charge on any atom is 0.268 e. The first-order chi connectivity index (χ1) is 16.2. The van der Waals surface area contributed by atoms with Crippen molar-refractivity contribution in [1.29, 1.82) is 0 Å². The van der Waals surface area contributed by atoms with Gasteiger partial charge in [0, 0.05) is 42.5 Å². The van der Waals surface area contributed by atoms with Gasteiger partial charge in [0.15, 0.2) is 0 Å². The van der Waals surface area contributed by atoms with Gasteiger partial charge in [-0.05, 0) is 24.1 Å². The summed E-state index contributed by atoms with van der Waals surface area (Å²) in [6.07, 6.45) is 4.49. The molecule has 3 heterocycles. The van der Waals surface area contributed by atoms with Gasteiger partial charge in [0.25, 0.3) is 5.89 Å². The molecule has 2 aromatic heterocycles. The van der Waals surface area contributed by atoms with Gasteiger partial charge in [0.1, 0.15) is 5.69 Å². The van der Waals surface area contributed by atoms with E-state index in [1.807, 2.05) is 30.3 Å². The van der Waals surface area contributed by atoms with Crippen molar-refractivity contribution >= 4 is 5.70 Å². The van der Waals surface area contributed by atoms with Gasteiger partial charge in [-0.15, -0.1) is 10.2 Å². The molecule has 1 N–H and O–H groups in total. The number of hydrogen-bond donors (Lipinski definition) is 1. The predicted octanol–water partition coefficient (Wildman–Crippen LogP) is 4.52. The largest absolute Gasteiger partial charge is 0.415 e. The van der Waals surface area contributed by atoms with E-state index in [0.29, 0.717) is 23.5 Å². The molecule has 0 aliphatic carbocycles. The lowest BCUT2D eigenvalue weighted by Gasteiger charge is -2.36. The minimum absolute atomic E-state index is 0.345. The number of hydrogen-bond acceptors (Lipinski definition) is 7. The van der Waals surface area contributed by atoms with E-state index in [2.05, 4.69) is 63.2 Å². The Morgan fingerprint density at radius 2 is 1.76 bits per heavy atom. The molecule has 1 aliphatic heterocycles. The van der Waals surface area contributed by atoms with E-state index in [1.54, 1.807) is 12.4 Å². The molecular formula is C26H26N6O. The van der Waals surface area contributed by atoms with Crippen LogP contribution in [0.25, 0.3) is 40.0 Å². The fourth-order valence-corrected chi connectivity index (χ4v) is 3.99. The number of piperazine rings is 1. The zero-order valence-corrected chi connectivity index (χ0v) is 18.6. The molecule has 5 rings (SSSR count). The third-order valence-electron chi connectivity index (χ3n) is 5.94. The monoisotopic (exact) mass is 438 g/mol. The average Bonchev–Trinajstić information content (AvgIpc) is 3.40. The highest BCUT2D eigenvalue weighted by Crippen LogP contribution is 2.26. The van der Waals surface area contributed by atoms with Gasteiger partial charge in [-0.25, -0.2) is 4.98 Å². The van der Waals surface area contributed by atoms with Crippen LogP contribution in [0.4, 0.5) is 0 Å². The highest BCUT2D eigenvalue weighted by Gasteiger charge is 2.19. The Labute approximate surface area is 193 Å². The third-order valence-corrected chi connectivity index (χ3v) is 5.94. The van der Waals surface area contributed by atoms with E-state index in [0.717, 1.165) is 54.1 Å². The summed E-state index contributed by atoms with van der Waals surface area (Å²) >= 11 is 0. The van der Waals surface area contributed by atoms with Crippen molar-refractivity contribution in [1.82, 2.24) is 30.4 Å². The fraction of sp³-hybridized carbons (Fsp3) is 0.231. The quantitative estimate of drug-likeness (QED) is 0.474. The fourth-order valence-electron chi connectivity index (χ4n) is 3.99. The molecule has 1 atom stereocenters. The molecular weight excluding hydrogens is 412 g/mol. The highest BCUT2D eigenvalue weighted by molar-refractivity contribution is 5.68. The highest BCUT2D eigenvalue weighted by atomic mass is 16.4. The van der Waals surface area contributed by atoms with Gasteiger partial charge < -0.3 is 14.6 Å². The van der Waals surface area contributed by atoms with Crippen LogP contribution in [0.5, 0.6) is 0 Å². The van der Waals surface area contributed by atoms with Crippen molar-refractivity contribution in [2.24, 2.45) is 0 Å². The average molecular weight is 439 g/mol. The van der Waals surface area contributed by atoms with Gasteiger partial charge in [0.05, 0.1) is 18.1 Å². The first-order valence-electron chi connectivity index (χ1n) is 11.2. The lowest BCUT2D eigenvalue weighted by molar-refractivity contribution is 0.274. The van der Waals surface area contributed by atoms with E-state index < -0.39 is 0 Å². The van der Waals surface area contributed by atoms with Crippen molar-refractivity contribution in [2.45, 2.75) is 19.4 Å². The van der Waals surface area contributed by atoms with Gasteiger partial charge in [-0.3, -0.25) is 4.98 Å². The van der Waals surface area contributed by atoms with Crippen LogP contribution < -0.4 is 5.32 Å². The Morgan fingerprint density at radius 1 is 1.00 bits per heavy atom. The molecule has 7 heteroatoms. The number of rotatable bonds is 6. The number of aromatic nitrogens is 4. The first-order valence-corrected chi connectivity index (χ1v) is 11.2. The van der Waals surface area contributed by atoms with Gasteiger partial charge >= 0.3 is 0 Å².